The third-order valence-electron chi connectivity index (χ3n) is 5.74. The van der Waals surface area contributed by atoms with Crippen molar-refractivity contribution in [3.8, 4) is 0 Å². The standard InChI is InChI=1S/C19H28N4/c1-2-6-15(7-3-1)10-11-20-18-19-21-12-13-23(19)14-17(22-18)16-8-4-5-9-16/h12-16H,1-11H2,(H,20,22). The van der Waals surface area contributed by atoms with Crippen molar-refractivity contribution in [3.05, 3.63) is 24.3 Å². The highest BCUT2D eigenvalue weighted by molar-refractivity contribution is 5.62. The molecule has 2 aliphatic rings. The Morgan fingerprint density at radius 1 is 1.04 bits per heavy atom. The Kier molecular flexibility index (Phi) is 4.49. The molecule has 0 saturated heterocycles. The summed E-state index contributed by atoms with van der Waals surface area (Å²) < 4.78 is 2.14. The number of fused-ring (bicyclic) bond motifs is 1. The molecule has 0 bridgehead atoms. The van der Waals surface area contributed by atoms with Crippen molar-refractivity contribution in [2.24, 2.45) is 5.92 Å². The summed E-state index contributed by atoms with van der Waals surface area (Å²) >= 11 is 0. The van der Waals surface area contributed by atoms with Crippen LogP contribution in [0.2, 0.25) is 0 Å². The third-order valence-corrected chi connectivity index (χ3v) is 5.74. The van der Waals surface area contributed by atoms with Crippen molar-refractivity contribution in [1.82, 2.24) is 14.4 Å². The summed E-state index contributed by atoms with van der Waals surface area (Å²) in [4.78, 5) is 9.43. The van der Waals surface area contributed by atoms with Crippen molar-refractivity contribution < 1.29 is 0 Å². The van der Waals surface area contributed by atoms with E-state index in [-0.39, 0.29) is 0 Å². The molecule has 4 heteroatoms. The van der Waals surface area contributed by atoms with Gasteiger partial charge in [0.15, 0.2) is 11.5 Å². The molecule has 0 radical (unpaired) electrons. The minimum Gasteiger partial charge on any atom is -0.367 e. The van der Waals surface area contributed by atoms with Crippen LogP contribution in [0, 0.1) is 5.92 Å². The molecule has 4 rings (SSSR count). The predicted octanol–water partition coefficient (Wildman–Crippen LogP) is 4.77. The van der Waals surface area contributed by atoms with E-state index >= 15 is 0 Å². The van der Waals surface area contributed by atoms with Crippen LogP contribution in [0.4, 0.5) is 5.82 Å². The van der Waals surface area contributed by atoms with E-state index in [1.807, 2.05) is 12.4 Å². The summed E-state index contributed by atoms with van der Waals surface area (Å²) in [6.07, 6.45) is 19.7. The van der Waals surface area contributed by atoms with Gasteiger partial charge in [-0.1, -0.05) is 44.9 Å². The molecule has 2 aliphatic carbocycles. The molecule has 23 heavy (non-hydrogen) atoms. The van der Waals surface area contributed by atoms with Crippen molar-refractivity contribution in [2.75, 3.05) is 11.9 Å². The van der Waals surface area contributed by atoms with Crippen LogP contribution in [0.3, 0.4) is 0 Å². The SMILES string of the molecule is c1cn2cc(C3CCCC3)nc(NCCC3CCCCC3)c2n1. The lowest BCUT2D eigenvalue weighted by Gasteiger charge is -2.21. The average Bonchev–Trinajstić information content (AvgIpc) is 3.27. The van der Waals surface area contributed by atoms with E-state index in [4.69, 9.17) is 4.98 Å². The highest BCUT2D eigenvalue weighted by Crippen LogP contribution is 2.34. The zero-order valence-corrected chi connectivity index (χ0v) is 14.0. The molecule has 2 heterocycles. The molecule has 2 aromatic heterocycles. The molecule has 0 aliphatic heterocycles. The topological polar surface area (TPSA) is 42.2 Å². The Balaban J connectivity index is 1.47. The van der Waals surface area contributed by atoms with E-state index in [9.17, 15) is 0 Å². The predicted molar refractivity (Wildman–Crippen MR) is 93.9 cm³/mol. The van der Waals surface area contributed by atoms with Gasteiger partial charge in [0.1, 0.15) is 0 Å². The number of anilines is 1. The first-order valence-corrected chi connectivity index (χ1v) is 9.47. The number of hydrogen-bond donors (Lipinski definition) is 1. The van der Waals surface area contributed by atoms with Gasteiger partial charge in [0, 0.05) is 31.1 Å². The van der Waals surface area contributed by atoms with Gasteiger partial charge in [-0.25, -0.2) is 9.97 Å². The van der Waals surface area contributed by atoms with Gasteiger partial charge >= 0.3 is 0 Å². The van der Waals surface area contributed by atoms with Gasteiger partial charge in [0.25, 0.3) is 0 Å². The van der Waals surface area contributed by atoms with Crippen LogP contribution < -0.4 is 5.32 Å². The zero-order chi connectivity index (χ0) is 15.5. The van der Waals surface area contributed by atoms with Gasteiger partial charge < -0.3 is 9.72 Å². The summed E-state index contributed by atoms with van der Waals surface area (Å²) in [7, 11) is 0. The molecule has 0 aromatic carbocycles. The normalized spacial score (nSPS) is 20.3. The number of nitrogens with zero attached hydrogens (tertiary/aromatic N) is 3. The Morgan fingerprint density at radius 2 is 1.83 bits per heavy atom. The monoisotopic (exact) mass is 312 g/mol. The minimum absolute atomic E-state index is 0.640. The summed E-state index contributed by atoms with van der Waals surface area (Å²) in [6.45, 7) is 1.02. The van der Waals surface area contributed by atoms with Crippen molar-refractivity contribution >= 4 is 11.5 Å². The number of rotatable bonds is 5. The molecule has 0 unspecified atom stereocenters. The van der Waals surface area contributed by atoms with E-state index in [1.54, 1.807) is 0 Å². The molecule has 2 aromatic rings. The first kappa shape index (κ1) is 15.0. The van der Waals surface area contributed by atoms with Crippen LogP contribution in [-0.4, -0.2) is 20.9 Å². The lowest BCUT2D eigenvalue weighted by Crippen LogP contribution is -2.14. The maximum Gasteiger partial charge on any atom is 0.180 e. The molecule has 2 saturated carbocycles. The lowest BCUT2D eigenvalue weighted by molar-refractivity contribution is 0.345. The molecule has 4 nitrogen and oxygen atoms in total. The maximum absolute atomic E-state index is 4.94. The fraction of sp³-hybridized carbons (Fsp3) is 0.684. The number of aromatic nitrogens is 3. The second kappa shape index (κ2) is 6.90. The first-order chi connectivity index (χ1) is 11.4. The second-order valence-electron chi connectivity index (χ2n) is 7.37. The van der Waals surface area contributed by atoms with Crippen molar-refractivity contribution in [3.63, 3.8) is 0 Å². The Bertz CT molecular complexity index is 636. The maximum atomic E-state index is 4.94. The smallest absolute Gasteiger partial charge is 0.180 e. The van der Waals surface area contributed by atoms with Crippen LogP contribution in [-0.2, 0) is 0 Å². The molecule has 124 valence electrons. The Morgan fingerprint density at radius 3 is 2.65 bits per heavy atom. The van der Waals surface area contributed by atoms with E-state index in [2.05, 4.69) is 20.9 Å². The fourth-order valence-corrected chi connectivity index (χ4v) is 4.36. The molecule has 0 atom stereocenters. The van der Waals surface area contributed by atoms with Gasteiger partial charge in [0.05, 0.1) is 5.69 Å². The second-order valence-corrected chi connectivity index (χ2v) is 7.37. The number of nitrogens with one attached hydrogen (secondary N) is 1. The van der Waals surface area contributed by atoms with Crippen LogP contribution in [0.1, 0.15) is 75.8 Å². The highest BCUT2D eigenvalue weighted by Gasteiger charge is 2.20. The number of hydrogen-bond acceptors (Lipinski definition) is 3. The summed E-state index contributed by atoms with van der Waals surface area (Å²) in [5.41, 5.74) is 2.21. The molecule has 2 fully saturated rings. The minimum atomic E-state index is 0.640. The van der Waals surface area contributed by atoms with Crippen LogP contribution in [0.15, 0.2) is 18.6 Å². The molecule has 1 N–H and O–H groups in total. The van der Waals surface area contributed by atoms with E-state index in [1.165, 1.54) is 69.9 Å². The van der Waals surface area contributed by atoms with Gasteiger partial charge in [-0.3, -0.25) is 0 Å². The molecule has 0 amide bonds. The fourth-order valence-electron chi connectivity index (χ4n) is 4.36. The molecular formula is C19H28N4. The van der Waals surface area contributed by atoms with Gasteiger partial charge in [0.2, 0.25) is 0 Å². The van der Waals surface area contributed by atoms with Gasteiger partial charge in [-0.15, -0.1) is 0 Å². The quantitative estimate of drug-likeness (QED) is 0.864. The average molecular weight is 312 g/mol. The van der Waals surface area contributed by atoms with Crippen LogP contribution >= 0.6 is 0 Å². The third kappa shape index (κ3) is 3.36. The first-order valence-electron chi connectivity index (χ1n) is 9.47. The summed E-state index contributed by atoms with van der Waals surface area (Å²) in [5, 5.41) is 3.59. The largest absolute Gasteiger partial charge is 0.367 e. The van der Waals surface area contributed by atoms with Crippen molar-refractivity contribution in [2.45, 2.75) is 70.1 Å². The van der Waals surface area contributed by atoms with Crippen LogP contribution in [0.5, 0.6) is 0 Å². The molecule has 0 spiro atoms. The van der Waals surface area contributed by atoms with Crippen molar-refractivity contribution in [1.29, 1.82) is 0 Å². The van der Waals surface area contributed by atoms with Gasteiger partial charge in [-0.05, 0) is 25.2 Å². The summed E-state index contributed by atoms with van der Waals surface area (Å²) in [6, 6.07) is 0. The highest BCUT2D eigenvalue weighted by atomic mass is 15.1. The van der Waals surface area contributed by atoms with E-state index in [0.717, 1.165) is 23.9 Å². The summed E-state index contributed by atoms with van der Waals surface area (Å²) in [5.74, 6) is 2.53. The lowest BCUT2D eigenvalue weighted by atomic mass is 9.87. The molecular weight excluding hydrogens is 284 g/mol. The zero-order valence-electron chi connectivity index (χ0n) is 14.0. The Labute approximate surface area is 138 Å². The van der Waals surface area contributed by atoms with Gasteiger partial charge in [-0.2, -0.15) is 0 Å². The van der Waals surface area contributed by atoms with E-state index in [0.29, 0.717) is 5.92 Å². The van der Waals surface area contributed by atoms with Crippen LogP contribution in [0.25, 0.3) is 5.65 Å². The number of imidazole rings is 1. The van der Waals surface area contributed by atoms with E-state index < -0.39 is 0 Å². The Hall–Kier alpha value is -1.58.